The average Bonchev–Trinajstić information content (AvgIpc) is 3.05. The minimum absolute atomic E-state index is 0.736. The van der Waals surface area contributed by atoms with E-state index in [0.717, 1.165) is 18.0 Å². The fourth-order valence-corrected chi connectivity index (χ4v) is 4.09. The molecule has 0 amide bonds. The normalized spacial score (nSPS) is 26.7. The minimum atomic E-state index is 0.736. The number of rotatable bonds is 8. The fraction of sp³-hybridized carbons (Fsp3) is 1.00. The van der Waals surface area contributed by atoms with Gasteiger partial charge in [0.15, 0.2) is 0 Å². The third kappa shape index (κ3) is 4.71. The molecular formula is C17H35N3. The first kappa shape index (κ1) is 16.3. The van der Waals surface area contributed by atoms with Crippen LogP contribution in [0.5, 0.6) is 0 Å². The minimum Gasteiger partial charge on any atom is -0.312 e. The summed E-state index contributed by atoms with van der Waals surface area (Å²) in [6, 6.07) is 1.53. The Kier molecular flexibility index (Phi) is 6.79. The number of nitrogens with one attached hydrogen (secondary N) is 1. The largest absolute Gasteiger partial charge is 0.312 e. The third-order valence-electron chi connectivity index (χ3n) is 5.13. The molecule has 0 spiro atoms. The van der Waals surface area contributed by atoms with Crippen molar-refractivity contribution in [3.63, 3.8) is 0 Å². The van der Waals surface area contributed by atoms with Crippen molar-refractivity contribution in [2.75, 3.05) is 40.3 Å². The molecule has 1 aliphatic carbocycles. The Morgan fingerprint density at radius 2 is 1.90 bits per heavy atom. The number of hydrogen-bond donors (Lipinski definition) is 1. The Bertz CT molecular complexity index is 261. The molecule has 3 nitrogen and oxygen atoms in total. The van der Waals surface area contributed by atoms with Crippen LogP contribution in [-0.2, 0) is 0 Å². The number of nitrogens with zero attached hydrogens (tertiary/aromatic N) is 2. The Morgan fingerprint density at radius 1 is 1.15 bits per heavy atom. The molecule has 2 fully saturated rings. The van der Waals surface area contributed by atoms with Gasteiger partial charge in [0.1, 0.15) is 0 Å². The van der Waals surface area contributed by atoms with Crippen molar-refractivity contribution >= 4 is 0 Å². The highest BCUT2D eigenvalue weighted by atomic mass is 15.2. The maximum Gasteiger partial charge on any atom is 0.0224 e. The van der Waals surface area contributed by atoms with Crippen LogP contribution in [0.3, 0.4) is 0 Å². The molecule has 1 N–H and O–H groups in total. The third-order valence-corrected chi connectivity index (χ3v) is 5.13. The molecule has 2 rings (SSSR count). The second-order valence-corrected chi connectivity index (χ2v) is 7.16. The van der Waals surface area contributed by atoms with Crippen LogP contribution >= 0.6 is 0 Å². The van der Waals surface area contributed by atoms with Crippen molar-refractivity contribution in [2.24, 2.45) is 5.92 Å². The van der Waals surface area contributed by atoms with Gasteiger partial charge in [-0.3, -0.25) is 4.90 Å². The Labute approximate surface area is 126 Å². The van der Waals surface area contributed by atoms with Gasteiger partial charge in [0.2, 0.25) is 0 Å². The zero-order chi connectivity index (χ0) is 14.4. The summed E-state index contributed by atoms with van der Waals surface area (Å²) >= 11 is 0. The smallest absolute Gasteiger partial charge is 0.0224 e. The lowest BCUT2D eigenvalue weighted by Gasteiger charge is -2.33. The first-order valence-electron chi connectivity index (χ1n) is 8.83. The zero-order valence-corrected chi connectivity index (χ0v) is 13.9. The maximum absolute atomic E-state index is 3.86. The van der Waals surface area contributed by atoms with E-state index in [4.69, 9.17) is 0 Å². The lowest BCUT2D eigenvalue weighted by atomic mass is 9.97. The molecule has 2 unspecified atom stereocenters. The molecule has 20 heavy (non-hydrogen) atoms. The SMILES string of the molecule is CCCNC(CN1CCCC1CN(C)C)C1CCCC1. The zero-order valence-electron chi connectivity index (χ0n) is 13.9. The van der Waals surface area contributed by atoms with Crippen LogP contribution in [0.4, 0.5) is 0 Å². The van der Waals surface area contributed by atoms with Crippen LogP contribution < -0.4 is 5.32 Å². The van der Waals surface area contributed by atoms with Gasteiger partial charge in [-0.05, 0) is 65.2 Å². The number of hydrogen-bond acceptors (Lipinski definition) is 3. The lowest BCUT2D eigenvalue weighted by Crippen LogP contribution is -2.48. The summed E-state index contributed by atoms with van der Waals surface area (Å²) in [4.78, 5) is 5.12. The first-order chi connectivity index (χ1) is 9.70. The van der Waals surface area contributed by atoms with E-state index in [1.807, 2.05) is 0 Å². The summed E-state index contributed by atoms with van der Waals surface area (Å²) in [5.74, 6) is 0.933. The lowest BCUT2D eigenvalue weighted by molar-refractivity contribution is 0.170. The molecule has 1 aliphatic heterocycles. The summed E-state index contributed by atoms with van der Waals surface area (Å²) in [7, 11) is 4.42. The van der Waals surface area contributed by atoms with Crippen molar-refractivity contribution in [3.05, 3.63) is 0 Å². The second-order valence-electron chi connectivity index (χ2n) is 7.16. The van der Waals surface area contributed by atoms with E-state index < -0.39 is 0 Å². The first-order valence-corrected chi connectivity index (χ1v) is 8.83. The summed E-state index contributed by atoms with van der Waals surface area (Å²) in [6.07, 6.45) is 9.85. The number of likely N-dealkylation sites (tertiary alicyclic amines) is 1. The van der Waals surface area contributed by atoms with Crippen LogP contribution in [0.2, 0.25) is 0 Å². The van der Waals surface area contributed by atoms with Gasteiger partial charge in [-0.1, -0.05) is 19.8 Å². The topological polar surface area (TPSA) is 18.5 Å². The highest BCUT2D eigenvalue weighted by Crippen LogP contribution is 2.29. The summed E-state index contributed by atoms with van der Waals surface area (Å²) in [5.41, 5.74) is 0. The van der Waals surface area contributed by atoms with E-state index in [9.17, 15) is 0 Å². The molecule has 0 radical (unpaired) electrons. The molecule has 1 saturated heterocycles. The fourth-order valence-electron chi connectivity index (χ4n) is 4.09. The summed E-state index contributed by atoms with van der Waals surface area (Å²) in [6.45, 7) is 7.29. The van der Waals surface area contributed by atoms with Gasteiger partial charge in [-0.2, -0.15) is 0 Å². The molecule has 118 valence electrons. The van der Waals surface area contributed by atoms with Crippen molar-refractivity contribution < 1.29 is 0 Å². The van der Waals surface area contributed by atoms with E-state index in [-0.39, 0.29) is 0 Å². The van der Waals surface area contributed by atoms with Gasteiger partial charge < -0.3 is 10.2 Å². The molecule has 0 aromatic heterocycles. The molecule has 2 aliphatic rings. The van der Waals surface area contributed by atoms with Crippen molar-refractivity contribution in [3.8, 4) is 0 Å². The van der Waals surface area contributed by atoms with E-state index >= 15 is 0 Å². The standard InChI is InChI=1S/C17H35N3/c1-4-11-18-17(15-8-5-6-9-15)14-20-12-7-10-16(20)13-19(2)3/h15-18H,4-14H2,1-3H3. The predicted molar refractivity (Wildman–Crippen MR) is 87.2 cm³/mol. The van der Waals surface area contributed by atoms with E-state index in [1.165, 1.54) is 71.1 Å². The van der Waals surface area contributed by atoms with Gasteiger partial charge in [-0.15, -0.1) is 0 Å². The van der Waals surface area contributed by atoms with Gasteiger partial charge >= 0.3 is 0 Å². The van der Waals surface area contributed by atoms with Gasteiger partial charge in [-0.25, -0.2) is 0 Å². The molecule has 0 aromatic rings. The van der Waals surface area contributed by atoms with Crippen molar-refractivity contribution in [2.45, 2.75) is 64.0 Å². The predicted octanol–water partition coefficient (Wildman–Crippen LogP) is 2.57. The van der Waals surface area contributed by atoms with Crippen LogP contribution in [0, 0.1) is 5.92 Å². The summed E-state index contributed by atoms with van der Waals surface area (Å²) in [5, 5.41) is 3.86. The van der Waals surface area contributed by atoms with Crippen molar-refractivity contribution in [1.29, 1.82) is 0 Å². The quantitative estimate of drug-likeness (QED) is 0.738. The van der Waals surface area contributed by atoms with Gasteiger partial charge in [0, 0.05) is 25.2 Å². The molecule has 3 heteroatoms. The highest BCUT2D eigenvalue weighted by Gasteiger charge is 2.31. The molecule has 0 bridgehead atoms. The summed E-state index contributed by atoms with van der Waals surface area (Å²) < 4.78 is 0. The Balaban J connectivity index is 1.88. The molecular weight excluding hydrogens is 246 g/mol. The monoisotopic (exact) mass is 281 g/mol. The van der Waals surface area contributed by atoms with Crippen LogP contribution in [-0.4, -0.2) is 62.2 Å². The van der Waals surface area contributed by atoms with E-state index in [0.29, 0.717) is 0 Å². The molecule has 0 aromatic carbocycles. The van der Waals surface area contributed by atoms with Crippen LogP contribution in [0.1, 0.15) is 51.9 Å². The van der Waals surface area contributed by atoms with E-state index in [2.05, 4.69) is 36.1 Å². The molecule has 1 heterocycles. The van der Waals surface area contributed by atoms with E-state index in [1.54, 1.807) is 0 Å². The Morgan fingerprint density at radius 3 is 2.55 bits per heavy atom. The average molecular weight is 281 g/mol. The second kappa shape index (κ2) is 8.35. The van der Waals surface area contributed by atoms with Crippen molar-refractivity contribution in [1.82, 2.24) is 15.1 Å². The Hall–Kier alpha value is -0.120. The number of likely N-dealkylation sites (N-methyl/N-ethyl adjacent to an activating group) is 1. The van der Waals surface area contributed by atoms with Crippen LogP contribution in [0.25, 0.3) is 0 Å². The highest BCUT2D eigenvalue weighted by molar-refractivity contribution is 4.88. The van der Waals surface area contributed by atoms with Gasteiger partial charge in [0.05, 0.1) is 0 Å². The van der Waals surface area contributed by atoms with Gasteiger partial charge in [0.25, 0.3) is 0 Å². The molecule has 2 atom stereocenters. The molecule has 1 saturated carbocycles. The maximum atomic E-state index is 3.86. The van der Waals surface area contributed by atoms with Crippen LogP contribution in [0.15, 0.2) is 0 Å².